The Morgan fingerprint density at radius 3 is 1.93 bits per heavy atom. The fourth-order valence-electron chi connectivity index (χ4n) is 0.793. The van der Waals surface area contributed by atoms with E-state index in [-0.39, 0.29) is 0 Å². The van der Waals surface area contributed by atoms with Crippen LogP contribution in [0.1, 0.15) is 20.8 Å². The Morgan fingerprint density at radius 2 is 1.67 bits per heavy atom. The Balaban J connectivity index is 4.82. The molecule has 0 rings (SSSR count). The molecule has 0 aromatic heterocycles. The van der Waals surface area contributed by atoms with E-state index < -0.39 is 35.9 Å². The quantitative estimate of drug-likeness (QED) is 0.734. The van der Waals surface area contributed by atoms with Crippen molar-refractivity contribution < 1.29 is 16.8 Å². The van der Waals surface area contributed by atoms with Gasteiger partial charge in [-0.2, -0.15) is 0 Å². The van der Waals surface area contributed by atoms with Gasteiger partial charge in [-0.25, -0.2) is 21.6 Å². The zero-order chi connectivity index (χ0) is 12.5. The summed E-state index contributed by atoms with van der Waals surface area (Å²) in [5.41, 5.74) is -0.884. The lowest BCUT2D eigenvalue weighted by atomic mass is 10.0. The number of alkyl halides is 1. The molecule has 8 heteroatoms. The van der Waals surface area contributed by atoms with Crippen LogP contribution >= 0.6 is 11.6 Å². The molecule has 0 aliphatic heterocycles. The van der Waals surface area contributed by atoms with Crippen molar-refractivity contribution in [1.29, 1.82) is 0 Å². The second-order valence-electron chi connectivity index (χ2n) is 4.10. The lowest BCUT2D eigenvalue weighted by Crippen LogP contribution is -2.50. The highest BCUT2D eigenvalue weighted by Crippen LogP contribution is 2.16. The molecule has 92 valence electrons. The highest BCUT2D eigenvalue weighted by atomic mass is 35.5. The monoisotopic (exact) mass is 277 g/mol. The molecular formula is C7H16ClNO4S2. The molecule has 0 amide bonds. The van der Waals surface area contributed by atoms with Gasteiger partial charge in [-0.05, 0) is 20.8 Å². The average molecular weight is 278 g/mol. The molecule has 0 aliphatic rings. The molecule has 0 radical (unpaired) electrons. The first kappa shape index (κ1) is 15.2. The van der Waals surface area contributed by atoms with Crippen LogP contribution in [0, 0.1) is 0 Å². The predicted molar refractivity (Wildman–Crippen MR) is 61.2 cm³/mol. The van der Waals surface area contributed by atoms with Crippen molar-refractivity contribution in [1.82, 2.24) is 4.72 Å². The summed E-state index contributed by atoms with van der Waals surface area (Å²) >= 11 is 5.77. The zero-order valence-electron chi connectivity index (χ0n) is 9.11. The maximum Gasteiger partial charge on any atom is 0.226 e. The Morgan fingerprint density at radius 1 is 1.27 bits per heavy atom. The Labute approximate surface area is 96.2 Å². The lowest BCUT2D eigenvalue weighted by Gasteiger charge is -2.28. The molecule has 0 fully saturated rings. The molecule has 0 aromatic rings. The molecule has 0 bridgehead atoms. The summed E-state index contributed by atoms with van der Waals surface area (Å²) in [6.45, 7) is 4.81. The van der Waals surface area contributed by atoms with E-state index in [4.69, 9.17) is 11.6 Å². The number of nitrogens with one attached hydrogen (secondary N) is 1. The van der Waals surface area contributed by atoms with Crippen LogP contribution in [0.4, 0.5) is 0 Å². The van der Waals surface area contributed by atoms with Crippen molar-refractivity contribution in [3.8, 4) is 0 Å². The minimum atomic E-state index is -3.86. The lowest BCUT2D eigenvalue weighted by molar-refractivity contribution is 0.446. The number of sulfonamides is 1. The molecule has 1 N–H and O–H groups in total. The van der Waals surface area contributed by atoms with Gasteiger partial charge in [-0.15, -0.1) is 11.6 Å². The molecule has 1 unspecified atom stereocenters. The third-order valence-electron chi connectivity index (χ3n) is 1.78. The Bertz CT molecular complexity index is 410. The number of hydrogen-bond acceptors (Lipinski definition) is 4. The van der Waals surface area contributed by atoms with E-state index in [1.165, 1.54) is 0 Å². The van der Waals surface area contributed by atoms with Gasteiger partial charge in [0.05, 0.1) is 0 Å². The summed E-state index contributed by atoms with van der Waals surface area (Å²) in [4.78, 5) is 0. The third-order valence-corrected chi connectivity index (χ3v) is 6.12. The van der Waals surface area contributed by atoms with Gasteiger partial charge in [0, 0.05) is 17.2 Å². The zero-order valence-corrected chi connectivity index (χ0v) is 11.5. The molecule has 0 aliphatic carbocycles. The van der Waals surface area contributed by atoms with Crippen LogP contribution in [0.3, 0.4) is 0 Å². The molecule has 0 saturated carbocycles. The third kappa shape index (κ3) is 6.34. The normalized spacial score (nSPS) is 16.3. The first-order valence-corrected chi connectivity index (χ1v) is 8.34. The van der Waals surface area contributed by atoms with Crippen molar-refractivity contribution >= 4 is 31.5 Å². The number of halogens is 1. The standard InChI is InChI=1S/C7H16ClNO4S2/c1-6(8)7(2,3)9-15(12,13)5-14(4,10)11/h6,9H,5H2,1-4H3. The maximum absolute atomic E-state index is 11.4. The van der Waals surface area contributed by atoms with Gasteiger partial charge in [-0.1, -0.05) is 0 Å². The molecule has 0 spiro atoms. The van der Waals surface area contributed by atoms with E-state index in [1.807, 2.05) is 0 Å². The molecule has 0 aromatic carbocycles. The van der Waals surface area contributed by atoms with E-state index in [2.05, 4.69) is 4.72 Å². The van der Waals surface area contributed by atoms with E-state index >= 15 is 0 Å². The Hall–Kier alpha value is 0.150. The number of rotatable bonds is 5. The van der Waals surface area contributed by atoms with Crippen LogP contribution < -0.4 is 4.72 Å². The average Bonchev–Trinajstić information content (AvgIpc) is 1.75. The molecular weight excluding hydrogens is 262 g/mol. The van der Waals surface area contributed by atoms with E-state index in [9.17, 15) is 16.8 Å². The maximum atomic E-state index is 11.4. The Kier molecular flexibility index (Phi) is 4.61. The first-order chi connectivity index (χ1) is 6.36. The summed E-state index contributed by atoms with van der Waals surface area (Å²) in [7, 11) is -7.44. The van der Waals surface area contributed by atoms with Gasteiger partial charge < -0.3 is 0 Å². The van der Waals surface area contributed by atoms with Crippen molar-refractivity contribution in [2.24, 2.45) is 0 Å². The van der Waals surface area contributed by atoms with Crippen LogP contribution in [-0.2, 0) is 19.9 Å². The van der Waals surface area contributed by atoms with Crippen LogP contribution in [0.15, 0.2) is 0 Å². The topological polar surface area (TPSA) is 80.3 Å². The first-order valence-electron chi connectivity index (χ1n) is 4.19. The minimum Gasteiger partial charge on any atom is -0.228 e. The van der Waals surface area contributed by atoms with Crippen LogP contribution in [0.25, 0.3) is 0 Å². The smallest absolute Gasteiger partial charge is 0.226 e. The summed E-state index contributed by atoms with van der Waals surface area (Å²) < 4.78 is 46.8. The van der Waals surface area contributed by atoms with Gasteiger partial charge in [0.15, 0.2) is 14.9 Å². The summed E-state index contributed by atoms with van der Waals surface area (Å²) in [5, 5.41) is -1.38. The fraction of sp³-hybridized carbons (Fsp3) is 1.00. The van der Waals surface area contributed by atoms with E-state index in [1.54, 1.807) is 20.8 Å². The summed E-state index contributed by atoms with van der Waals surface area (Å²) in [5.74, 6) is 0. The summed E-state index contributed by atoms with van der Waals surface area (Å²) in [6.07, 6.45) is 0.864. The molecule has 15 heavy (non-hydrogen) atoms. The number of hydrogen-bond donors (Lipinski definition) is 1. The minimum absolute atomic E-state index is 0.452. The molecule has 0 saturated heterocycles. The van der Waals surface area contributed by atoms with Gasteiger partial charge in [0.25, 0.3) is 0 Å². The van der Waals surface area contributed by atoms with Crippen molar-refractivity contribution in [3.05, 3.63) is 0 Å². The largest absolute Gasteiger partial charge is 0.228 e. The van der Waals surface area contributed by atoms with Gasteiger partial charge >= 0.3 is 0 Å². The van der Waals surface area contributed by atoms with E-state index in [0.717, 1.165) is 6.26 Å². The molecule has 5 nitrogen and oxygen atoms in total. The SMILES string of the molecule is CC(Cl)C(C)(C)NS(=O)(=O)CS(C)(=O)=O. The van der Waals surface area contributed by atoms with Crippen LogP contribution in [0.2, 0.25) is 0 Å². The summed E-state index contributed by atoms with van der Waals surface area (Å²) in [6, 6.07) is 0. The second-order valence-corrected chi connectivity index (χ2v) is 8.98. The highest BCUT2D eigenvalue weighted by Gasteiger charge is 2.31. The van der Waals surface area contributed by atoms with Crippen LogP contribution in [-0.4, -0.2) is 39.1 Å². The van der Waals surface area contributed by atoms with Gasteiger partial charge in [0.2, 0.25) is 10.0 Å². The highest BCUT2D eigenvalue weighted by molar-refractivity contribution is 8.06. The molecule has 1 atom stereocenters. The van der Waals surface area contributed by atoms with Crippen molar-refractivity contribution in [3.63, 3.8) is 0 Å². The fourth-order valence-corrected chi connectivity index (χ4v) is 4.38. The van der Waals surface area contributed by atoms with Gasteiger partial charge in [0.1, 0.15) is 0 Å². The van der Waals surface area contributed by atoms with Crippen molar-refractivity contribution in [2.45, 2.75) is 31.7 Å². The van der Waals surface area contributed by atoms with Crippen LogP contribution in [0.5, 0.6) is 0 Å². The van der Waals surface area contributed by atoms with Gasteiger partial charge in [-0.3, -0.25) is 0 Å². The van der Waals surface area contributed by atoms with Crippen molar-refractivity contribution in [2.75, 3.05) is 11.3 Å². The second kappa shape index (κ2) is 4.57. The predicted octanol–water partition coefficient (Wildman–Crippen LogP) is 0.314. The number of sulfone groups is 1. The van der Waals surface area contributed by atoms with E-state index in [0.29, 0.717) is 0 Å². The molecule has 0 heterocycles.